The number of hydrogen-bond acceptors (Lipinski definition) is 4. The molecule has 0 fully saturated rings. The van der Waals surface area contributed by atoms with Gasteiger partial charge in [-0.15, -0.1) is 0 Å². The van der Waals surface area contributed by atoms with E-state index in [0.717, 1.165) is 38.9 Å². The molecule has 0 amide bonds. The number of carboxylic acids is 1. The molecule has 0 aromatic carbocycles. The number of aliphatic hydroxyl groups excluding tert-OH is 1. The third-order valence-corrected chi connectivity index (χ3v) is 1.94. The molecule has 122 valence electrons. The van der Waals surface area contributed by atoms with E-state index in [2.05, 4.69) is 5.32 Å². The van der Waals surface area contributed by atoms with Gasteiger partial charge in [-0.25, -0.2) is 4.79 Å². The summed E-state index contributed by atoms with van der Waals surface area (Å²) in [4.78, 5) is 9.20. The number of unbranched alkanes of at least 4 members (excludes halogenated alkanes) is 1. The first-order chi connectivity index (χ1) is 9.11. The van der Waals surface area contributed by atoms with E-state index < -0.39 is 18.1 Å². The molecule has 0 saturated heterocycles. The monoisotopic (exact) mass is 310 g/mol. The van der Waals surface area contributed by atoms with Gasteiger partial charge in [0.1, 0.15) is 0 Å². The summed E-state index contributed by atoms with van der Waals surface area (Å²) in [7, 11) is 0. The van der Waals surface area contributed by atoms with Crippen LogP contribution in [0.25, 0.3) is 0 Å². The van der Waals surface area contributed by atoms with Crippen LogP contribution in [-0.2, 0) is 4.79 Å². The van der Waals surface area contributed by atoms with E-state index in [-0.39, 0.29) is 6.61 Å². The van der Waals surface area contributed by atoms with Gasteiger partial charge in [-0.2, -0.15) is 22.0 Å². The second-order valence-corrected chi connectivity index (χ2v) is 3.70. The Kier molecular flexibility index (Phi) is 11.4. The molecule has 0 aromatic rings. The smallest absolute Gasteiger partial charge is 0.465 e. The highest BCUT2D eigenvalue weighted by atomic mass is 19.4. The molecule has 0 saturated carbocycles. The lowest BCUT2D eigenvalue weighted by atomic mass is 10.3. The quantitative estimate of drug-likeness (QED) is 0.396. The van der Waals surface area contributed by atoms with Gasteiger partial charge in [0.05, 0.1) is 0 Å². The number of nitrogens with one attached hydrogen (secondary N) is 1. The number of carboxylic acid groups (broad SMARTS) is 1. The Hall–Kier alpha value is -1.00. The van der Waals surface area contributed by atoms with E-state index in [1.807, 2.05) is 0 Å². The van der Waals surface area contributed by atoms with Crippen molar-refractivity contribution in [3.63, 3.8) is 0 Å². The van der Waals surface area contributed by atoms with Crippen molar-refractivity contribution in [2.24, 2.45) is 5.73 Å². The van der Waals surface area contributed by atoms with Crippen LogP contribution in [0.1, 0.15) is 19.3 Å². The van der Waals surface area contributed by atoms with Crippen molar-refractivity contribution < 1.29 is 37.0 Å². The second kappa shape index (κ2) is 10.7. The summed E-state index contributed by atoms with van der Waals surface area (Å²) in [5, 5.41) is 18.9. The van der Waals surface area contributed by atoms with Gasteiger partial charge in [0.25, 0.3) is 0 Å². The third-order valence-electron chi connectivity index (χ3n) is 1.94. The lowest BCUT2D eigenvalue weighted by Crippen LogP contribution is -2.43. The van der Waals surface area contributed by atoms with E-state index in [0.29, 0.717) is 0 Å². The van der Waals surface area contributed by atoms with Gasteiger partial charge < -0.3 is 21.3 Å². The summed E-state index contributed by atoms with van der Waals surface area (Å²) in [5.74, 6) is -8.84. The molecule has 0 radical (unpaired) electrons. The molecule has 0 unspecified atom stereocenters. The molecule has 0 atom stereocenters. The fourth-order valence-electron chi connectivity index (χ4n) is 0.845. The molecule has 5 N–H and O–H groups in total. The SMILES string of the molecule is NCCCCNCCCO.O=C(O)C(F)(F)C(F)(F)F. The topological polar surface area (TPSA) is 95.6 Å². The zero-order valence-corrected chi connectivity index (χ0v) is 10.7. The zero-order valence-electron chi connectivity index (χ0n) is 10.7. The Morgan fingerprint density at radius 1 is 1.05 bits per heavy atom. The Morgan fingerprint density at radius 2 is 1.55 bits per heavy atom. The van der Waals surface area contributed by atoms with Gasteiger partial charge in [0.2, 0.25) is 0 Å². The second-order valence-electron chi connectivity index (χ2n) is 3.70. The van der Waals surface area contributed by atoms with Gasteiger partial charge >= 0.3 is 18.1 Å². The van der Waals surface area contributed by atoms with Crippen LogP contribution in [0.15, 0.2) is 0 Å². The van der Waals surface area contributed by atoms with Gasteiger partial charge in [-0.05, 0) is 38.9 Å². The summed E-state index contributed by atoms with van der Waals surface area (Å²) >= 11 is 0. The predicted molar refractivity (Wildman–Crippen MR) is 61.5 cm³/mol. The standard InChI is InChI=1S/C7H18N2O.C3HF5O2/c8-4-1-2-5-9-6-3-7-10;4-2(5,1(9)10)3(6,7)8/h9-10H,1-8H2;(H,9,10). The fraction of sp³-hybridized carbons (Fsp3) is 0.900. The van der Waals surface area contributed by atoms with Crippen LogP contribution in [-0.4, -0.2) is 54.5 Å². The molecule has 0 heterocycles. The van der Waals surface area contributed by atoms with Crippen molar-refractivity contribution in [1.82, 2.24) is 5.32 Å². The van der Waals surface area contributed by atoms with Crippen molar-refractivity contribution in [3.05, 3.63) is 0 Å². The normalized spacial score (nSPS) is 11.8. The third kappa shape index (κ3) is 9.87. The molecule has 10 heteroatoms. The molecule has 0 aliphatic rings. The minimum absolute atomic E-state index is 0.282. The number of aliphatic carboxylic acids is 1. The number of hydrogen-bond donors (Lipinski definition) is 4. The van der Waals surface area contributed by atoms with Crippen molar-refractivity contribution in [2.45, 2.75) is 31.4 Å². The van der Waals surface area contributed by atoms with Crippen molar-refractivity contribution in [3.8, 4) is 0 Å². The molecule has 0 aliphatic heterocycles. The summed E-state index contributed by atoms with van der Waals surface area (Å²) in [6.45, 7) is 3.00. The maximum absolute atomic E-state index is 11.3. The Bertz CT molecular complexity index is 254. The van der Waals surface area contributed by atoms with Gasteiger partial charge in [0.15, 0.2) is 0 Å². The van der Waals surface area contributed by atoms with Crippen LogP contribution in [0.5, 0.6) is 0 Å². The molecule has 0 aromatic heterocycles. The van der Waals surface area contributed by atoms with E-state index in [4.69, 9.17) is 15.9 Å². The number of carbonyl (C=O) groups is 1. The van der Waals surface area contributed by atoms with Crippen LogP contribution in [0.3, 0.4) is 0 Å². The summed E-state index contributed by atoms with van der Waals surface area (Å²) < 4.78 is 55.5. The number of rotatable bonds is 8. The molecule has 0 spiro atoms. The molecular weight excluding hydrogens is 291 g/mol. The molecule has 0 bridgehead atoms. The first-order valence-electron chi connectivity index (χ1n) is 5.80. The highest BCUT2D eigenvalue weighted by Gasteiger charge is 2.64. The molecule has 0 aliphatic carbocycles. The first kappa shape index (κ1) is 21.3. The lowest BCUT2D eigenvalue weighted by molar-refractivity contribution is -0.277. The maximum Gasteiger partial charge on any atom is 0.465 e. The molecule has 5 nitrogen and oxygen atoms in total. The average Bonchev–Trinajstić information content (AvgIpc) is 2.33. The summed E-state index contributed by atoms with van der Waals surface area (Å²) in [6, 6.07) is 0. The van der Waals surface area contributed by atoms with Crippen LogP contribution in [0.4, 0.5) is 22.0 Å². The highest BCUT2D eigenvalue weighted by Crippen LogP contribution is 2.35. The van der Waals surface area contributed by atoms with E-state index in [1.165, 1.54) is 0 Å². The minimum atomic E-state index is -6.02. The molecule has 20 heavy (non-hydrogen) atoms. The van der Waals surface area contributed by atoms with Crippen LogP contribution in [0.2, 0.25) is 0 Å². The minimum Gasteiger partial charge on any atom is -0.477 e. The fourth-order valence-corrected chi connectivity index (χ4v) is 0.845. The van der Waals surface area contributed by atoms with E-state index in [9.17, 15) is 26.7 Å². The lowest BCUT2D eigenvalue weighted by Gasteiger charge is -2.13. The first-order valence-corrected chi connectivity index (χ1v) is 5.80. The summed E-state index contributed by atoms with van der Waals surface area (Å²) in [5.41, 5.74) is 5.30. The van der Waals surface area contributed by atoms with Gasteiger partial charge in [-0.3, -0.25) is 0 Å². The molecular formula is C10H19F5N2O3. The van der Waals surface area contributed by atoms with Gasteiger partial charge in [-0.1, -0.05) is 0 Å². The number of halogens is 5. The van der Waals surface area contributed by atoms with Crippen LogP contribution < -0.4 is 11.1 Å². The predicted octanol–water partition coefficient (Wildman–Crippen LogP) is 0.966. The Morgan fingerprint density at radius 3 is 1.85 bits per heavy atom. The van der Waals surface area contributed by atoms with E-state index in [1.54, 1.807) is 0 Å². The van der Waals surface area contributed by atoms with Crippen LogP contribution in [0, 0.1) is 0 Å². The van der Waals surface area contributed by atoms with Gasteiger partial charge in [0, 0.05) is 6.61 Å². The largest absolute Gasteiger partial charge is 0.477 e. The maximum atomic E-state index is 11.3. The molecule has 0 rings (SSSR count). The zero-order chi connectivity index (χ0) is 16.2. The number of alkyl halides is 5. The van der Waals surface area contributed by atoms with Crippen molar-refractivity contribution in [1.29, 1.82) is 0 Å². The Balaban J connectivity index is 0. The number of aliphatic hydroxyl groups is 1. The van der Waals surface area contributed by atoms with E-state index >= 15 is 0 Å². The summed E-state index contributed by atoms with van der Waals surface area (Å²) in [6.07, 6.45) is -2.94. The van der Waals surface area contributed by atoms with Crippen molar-refractivity contribution in [2.75, 3.05) is 26.2 Å². The number of nitrogens with two attached hydrogens (primary N) is 1. The van der Waals surface area contributed by atoms with Crippen molar-refractivity contribution >= 4 is 5.97 Å². The average molecular weight is 310 g/mol. The Labute approximate surface area is 112 Å². The van der Waals surface area contributed by atoms with Crippen LogP contribution >= 0.6 is 0 Å². The highest BCUT2D eigenvalue weighted by molar-refractivity contribution is 5.76.